The number of benzene rings is 1. The molecule has 6 heteroatoms. The number of hydrogen-bond acceptors (Lipinski definition) is 5. The maximum Gasteiger partial charge on any atom is 0.225 e. The van der Waals surface area contributed by atoms with Crippen LogP contribution in [-0.2, 0) is 4.79 Å². The van der Waals surface area contributed by atoms with Gasteiger partial charge in [-0.05, 0) is 48.9 Å². The Balaban J connectivity index is 1.36. The molecule has 0 spiro atoms. The highest BCUT2D eigenvalue weighted by Crippen LogP contribution is 2.32. The fraction of sp³-hybridized carbons (Fsp3) is 0.391. The van der Waals surface area contributed by atoms with Crippen molar-refractivity contribution in [1.29, 1.82) is 0 Å². The molecule has 2 N–H and O–H groups in total. The monoisotopic (exact) mass is 393 g/mol. The van der Waals surface area contributed by atoms with Gasteiger partial charge in [0.25, 0.3) is 0 Å². The summed E-state index contributed by atoms with van der Waals surface area (Å²) >= 11 is 0. The van der Waals surface area contributed by atoms with E-state index < -0.39 is 0 Å². The van der Waals surface area contributed by atoms with Gasteiger partial charge in [0.2, 0.25) is 5.91 Å². The highest BCUT2D eigenvalue weighted by Gasteiger charge is 2.35. The number of likely N-dealkylation sites (tertiary alicyclic amines) is 1. The van der Waals surface area contributed by atoms with Crippen molar-refractivity contribution in [2.75, 3.05) is 20.2 Å². The third kappa shape index (κ3) is 4.53. The fourth-order valence-electron chi connectivity index (χ4n) is 3.69. The zero-order chi connectivity index (χ0) is 20.2. The van der Waals surface area contributed by atoms with Gasteiger partial charge in [-0.2, -0.15) is 0 Å². The molecule has 0 bridgehead atoms. The number of carbonyl (C=O) groups excluding carboxylic acids is 1. The lowest BCUT2D eigenvalue weighted by molar-refractivity contribution is -0.134. The van der Waals surface area contributed by atoms with Crippen LogP contribution in [0.1, 0.15) is 31.4 Å². The number of ether oxygens (including phenoxy) is 2. The molecule has 6 nitrogen and oxygen atoms in total. The van der Waals surface area contributed by atoms with Crippen molar-refractivity contribution >= 4 is 12.0 Å². The van der Waals surface area contributed by atoms with E-state index in [1.54, 1.807) is 19.4 Å². The van der Waals surface area contributed by atoms with Crippen molar-refractivity contribution < 1.29 is 14.3 Å². The molecule has 0 radical (unpaired) electrons. The number of amides is 1. The smallest absolute Gasteiger partial charge is 0.225 e. The standard InChI is InChI=1S/C23H27N3O3/c1-28-22-14-18(15-25-21(22)8-11-24)16-4-6-19(7-5-16)29-20-9-12-26(13-10-20)23(27)17-2-3-17/h4-8,11,14-15,17,20H,2-3,9-10,12-13,24H2,1H3. The third-order valence-corrected chi connectivity index (χ3v) is 5.53. The van der Waals surface area contributed by atoms with E-state index >= 15 is 0 Å². The molecule has 1 aromatic carbocycles. The summed E-state index contributed by atoms with van der Waals surface area (Å²) in [6.45, 7) is 1.60. The van der Waals surface area contributed by atoms with Crippen molar-refractivity contribution in [3.05, 3.63) is 48.4 Å². The molecular formula is C23H27N3O3. The summed E-state index contributed by atoms with van der Waals surface area (Å²) in [6.07, 6.45) is 9.03. The van der Waals surface area contributed by atoms with Gasteiger partial charge in [-0.25, -0.2) is 0 Å². The summed E-state index contributed by atoms with van der Waals surface area (Å²) in [7, 11) is 1.62. The van der Waals surface area contributed by atoms with E-state index in [4.69, 9.17) is 15.2 Å². The van der Waals surface area contributed by atoms with E-state index in [1.807, 2.05) is 35.2 Å². The van der Waals surface area contributed by atoms with Crippen LogP contribution in [0.2, 0.25) is 0 Å². The van der Waals surface area contributed by atoms with E-state index in [-0.39, 0.29) is 6.10 Å². The number of aromatic nitrogens is 1. The molecule has 1 saturated heterocycles. The van der Waals surface area contributed by atoms with Gasteiger partial charge in [-0.1, -0.05) is 12.1 Å². The summed E-state index contributed by atoms with van der Waals surface area (Å²) in [5.41, 5.74) is 8.16. The van der Waals surface area contributed by atoms with Crippen LogP contribution in [0, 0.1) is 5.92 Å². The van der Waals surface area contributed by atoms with Crippen LogP contribution < -0.4 is 15.2 Å². The van der Waals surface area contributed by atoms with E-state index in [0.29, 0.717) is 23.3 Å². The van der Waals surface area contributed by atoms with Crippen LogP contribution in [0.5, 0.6) is 11.5 Å². The number of piperidine rings is 1. The lowest BCUT2D eigenvalue weighted by atomic mass is 10.1. The maximum atomic E-state index is 12.2. The largest absolute Gasteiger partial charge is 0.494 e. The Hall–Kier alpha value is -3.02. The van der Waals surface area contributed by atoms with Crippen LogP contribution in [-0.4, -0.2) is 42.1 Å². The molecule has 0 atom stereocenters. The highest BCUT2D eigenvalue weighted by molar-refractivity contribution is 5.81. The van der Waals surface area contributed by atoms with Gasteiger partial charge in [-0.15, -0.1) is 0 Å². The predicted octanol–water partition coefficient (Wildman–Crippen LogP) is 3.47. The lowest BCUT2D eigenvalue weighted by Gasteiger charge is -2.32. The molecule has 1 aromatic heterocycles. The van der Waals surface area contributed by atoms with Crippen LogP contribution in [0.3, 0.4) is 0 Å². The van der Waals surface area contributed by atoms with Gasteiger partial charge >= 0.3 is 0 Å². The van der Waals surface area contributed by atoms with Crippen LogP contribution in [0.15, 0.2) is 42.7 Å². The van der Waals surface area contributed by atoms with Crippen LogP contribution >= 0.6 is 0 Å². The molecule has 1 aliphatic carbocycles. The Labute approximate surface area is 171 Å². The minimum Gasteiger partial charge on any atom is -0.494 e. The molecule has 2 aliphatic rings. The van der Waals surface area contributed by atoms with Crippen molar-refractivity contribution in [2.45, 2.75) is 31.8 Å². The Kier molecular flexibility index (Phi) is 5.69. The first kappa shape index (κ1) is 19.3. The second-order valence-corrected chi connectivity index (χ2v) is 7.61. The molecule has 4 rings (SSSR count). The fourth-order valence-corrected chi connectivity index (χ4v) is 3.69. The molecule has 2 fully saturated rings. The van der Waals surface area contributed by atoms with E-state index in [9.17, 15) is 4.79 Å². The maximum absolute atomic E-state index is 12.2. The predicted molar refractivity (Wildman–Crippen MR) is 112 cm³/mol. The normalized spacial score (nSPS) is 17.5. The number of rotatable bonds is 6. The lowest BCUT2D eigenvalue weighted by Crippen LogP contribution is -2.42. The number of hydrogen-bond donors (Lipinski definition) is 1. The van der Waals surface area contributed by atoms with Crippen molar-refractivity contribution in [3.8, 4) is 22.6 Å². The third-order valence-electron chi connectivity index (χ3n) is 5.53. The molecular weight excluding hydrogens is 366 g/mol. The van der Waals surface area contributed by atoms with E-state index in [1.165, 1.54) is 6.20 Å². The van der Waals surface area contributed by atoms with E-state index in [0.717, 1.165) is 55.6 Å². The highest BCUT2D eigenvalue weighted by atomic mass is 16.5. The van der Waals surface area contributed by atoms with Gasteiger partial charge in [0.15, 0.2) is 0 Å². The first-order valence-corrected chi connectivity index (χ1v) is 10.2. The molecule has 1 saturated carbocycles. The van der Waals surface area contributed by atoms with Crippen molar-refractivity contribution in [3.63, 3.8) is 0 Å². The molecule has 2 heterocycles. The van der Waals surface area contributed by atoms with Crippen molar-refractivity contribution in [2.24, 2.45) is 11.7 Å². The minimum absolute atomic E-state index is 0.160. The van der Waals surface area contributed by atoms with Crippen molar-refractivity contribution in [1.82, 2.24) is 9.88 Å². The zero-order valence-corrected chi connectivity index (χ0v) is 16.7. The summed E-state index contributed by atoms with van der Waals surface area (Å²) in [5, 5.41) is 0. The van der Waals surface area contributed by atoms with Gasteiger partial charge in [0.05, 0.1) is 7.11 Å². The van der Waals surface area contributed by atoms with Gasteiger partial charge in [0, 0.05) is 43.6 Å². The average molecular weight is 393 g/mol. The number of carbonyl (C=O) groups is 1. The molecule has 1 aliphatic heterocycles. The van der Waals surface area contributed by atoms with Gasteiger partial charge < -0.3 is 20.1 Å². The summed E-state index contributed by atoms with van der Waals surface area (Å²) < 4.78 is 11.6. The second-order valence-electron chi connectivity index (χ2n) is 7.61. The number of nitrogens with two attached hydrogens (primary N) is 1. The van der Waals surface area contributed by atoms with Crippen LogP contribution in [0.4, 0.5) is 0 Å². The number of pyridine rings is 1. The Morgan fingerprint density at radius 3 is 2.48 bits per heavy atom. The Bertz CT molecular complexity index is 883. The quantitative estimate of drug-likeness (QED) is 0.813. The first-order chi connectivity index (χ1) is 14.2. The molecule has 152 valence electrons. The molecule has 1 amide bonds. The minimum atomic E-state index is 0.160. The molecule has 29 heavy (non-hydrogen) atoms. The van der Waals surface area contributed by atoms with E-state index in [2.05, 4.69) is 4.98 Å². The number of nitrogens with zero attached hydrogens (tertiary/aromatic N) is 2. The van der Waals surface area contributed by atoms with Crippen LogP contribution in [0.25, 0.3) is 17.2 Å². The second kappa shape index (κ2) is 8.55. The molecule has 0 unspecified atom stereocenters. The average Bonchev–Trinajstić information content (AvgIpc) is 3.60. The van der Waals surface area contributed by atoms with Gasteiger partial charge in [-0.3, -0.25) is 9.78 Å². The zero-order valence-electron chi connectivity index (χ0n) is 16.7. The Morgan fingerprint density at radius 2 is 1.86 bits per heavy atom. The SMILES string of the molecule is COc1cc(-c2ccc(OC3CCN(C(=O)C4CC4)CC3)cc2)cnc1C=CN. The first-order valence-electron chi connectivity index (χ1n) is 10.2. The summed E-state index contributed by atoms with van der Waals surface area (Å²) in [6, 6.07) is 9.96. The Morgan fingerprint density at radius 1 is 1.14 bits per heavy atom. The number of methoxy groups -OCH3 is 1. The van der Waals surface area contributed by atoms with Gasteiger partial charge in [0.1, 0.15) is 23.3 Å². The topological polar surface area (TPSA) is 77.7 Å². The summed E-state index contributed by atoms with van der Waals surface area (Å²) in [4.78, 5) is 18.6. The summed E-state index contributed by atoms with van der Waals surface area (Å²) in [5.74, 6) is 2.17. The molecule has 2 aromatic rings.